The molecule has 1 rings (SSSR count). The average molecular weight is 507 g/mol. The maximum atomic E-state index is 12.3. The van der Waals surface area contributed by atoms with E-state index in [1.807, 2.05) is 0 Å². The van der Waals surface area contributed by atoms with Crippen LogP contribution in [0.5, 0.6) is 0 Å². The summed E-state index contributed by atoms with van der Waals surface area (Å²) in [5.41, 5.74) is 0. The minimum absolute atomic E-state index is 0.215. The van der Waals surface area contributed by atoms with E-state index in [4.69, 9.17) is 18.9 Å². The molecule has 0 aliphatic carbocycles. The number of aliphatic hydroxyl groups excluding tert-OH is 4. The van der Waals surface area contributed by atoms with Gasteiger partial charge in [-0.05, 0) is 12.8 Å². The normalized spacial score (nSPS) is 25.3. The minimum Gasteiger partial charge on any atom is -0.462 e. The zero-order chi connectivity index (χ0) is 26.1. The van der Waals surface area contributed by atoms with Crippen LogP contribution in [-0.4, -0.2) is 89.0 Å². The number of hydrogen-bond acceptors (Lipinski definition) is 10. The van der Waals surface area contributed by atoms with Gasteiger partial charge in [0.1, 0.15) is 31.0 Å². The Labute approximate surface area is 208 Å². The van der Waals surface area contributed by atoms with Gasteiger partial charge in [0.15, 0.2) is 12.4 Å². The van der Waals surface area contributed by atoms with Gasteiger partial charge in [-0.2, -0.15) is 0 Å². The quantitative estimate of drug-likeness (QED) is 0.151. The predicted octanol–water partition coefficient (Wildman–Crippen LogP) is 1.98. The van der Waals surface area contributed by atoms with E-state index < -0.39 is 55.4 Å². The summed E-state index contributed by atoms with van der Waals surface area (Å²) in [6, 6.07) is 0. The van der Waals surface area contributed by atoms with Crippen LogP contribution in [-0.2, 0) is 28.5 Å². The topological polar surface area (TPSA) is 152 Å². The van der Waals surface area contributed by atoms with Gasteiger partial charge in [0, 0.05) is 12.8 Å². The van der Waals surface area contributed by atoms with Crippen LogP contribution in [0.4, 0.5) is 0 Å². The highest BCUT2D eigenvalue weighted by Gasteiger charge is 2.44. The highest BCUT2D eigenvalue weighted by atomic mass is 16.7. The second kappa shape index (κ2) is 18.9. The van der Waals surface area contributed by atoms with Gasteiger partial charge in [-0.25, -0.2) is 0 Å². The molecule has 1 aliphatic rings. The van der Waals surface area contributed by atoms with Crippen LogP contribution in [0.1, 0.15) is 90.9 Å². The molecular formula is C25H46O10. The standard InChI is InChI=1S/C25H46O10/c1-3-5-7-9-10-12-13-20(27)32-16-18(34-21(28)14-11-8-6-4-2)17-33-25-24(31)23(30)22(29)19(15-26)35-25/h18-19,22-26,29-31H,3-17H2,1-2H3/t18-,19-,22+,23+,24-,25-/m1/s1. The summed E-state index contributed by atoms with van der Waals surface area (Å²) >= 11 is 0. The van der Waals surface area contributed by atoms with E-state index in [9.17, 15) is 30.0 Å². The second-order valence-corrected chi connectivity index (χ2v) is 9.15. The molecule has 0 saturated carbocycles. The molecule has 0 spiro atoms. The molecule has 1 fully saturated rings. The molecule has 0 bridgehead atoms. The van der Waals surface area contributed by atoms with Crippen LogP contribution in [0.3, 0.4) is 0 Å². The van der Waals surface area contributed by atoms with E-state index >= 15 is 0 Å². The SMILES string of the molecule is CCCCCCCCC(=O)OC[C@H](CO[C@@H]1O[C@H](CO)[C@H](O)[C@H](O)[C@H]1O)OC(=O)CCCCCC. The molecule has 35 heavy (non-hydrogen) atoms. The Morgan fingerprint density at radius 2 is 1.34 bits per heavy atom. The molecule has 0 amide bonds. The van der Waals surface area contributed by atoms with Crippen LogP contribution in [0, 0.1) is 0 Å². The van der Waals surface area contributed by atoms with E-state index in [0.717, 1.165) is 51.4 Å². The Morgan fingerprint density at radius 1 is 0.771 bits per heavy atom. The van der Waals surface area contributed by atoms with Crippen molar-refractivity contribution in [2.75, 3.05) is 19.8 Å². The van der Waals surface area contributed by atoms with Crippen molar-refractivity contribution in [1.29, 1.82) is 0 Å². The van der Waals surface area contributed by atoms with Gasteiger partial charge in [0.2, 0.25) is 0 Å². The van der Waals surface area contributed by atoms with Crippen molar-refractivity contribution >= 4 is 11.9 Å². The van der Waals surface area contributed by atoms with Crippen LogP contribution in [0.2, 0.25) is 0 Å². The number of esters is 2. The fourth-order valence-electron chi connectivity index (χ4n) is 3.77. The number of hydrogen-bond donors (Lipinski definition) is 4. The van der Waals surface area contributed by atoms with Gasteiger partial charge >= 0.3 is 11.9 Å². The number of ether oxygens (including phenoxy) is 4. The lowest BCUT2D eigenvalue weighted by atomic mass is 9.99. The second-order valence-electron chi connectivity index (χ2n) is 9.15. The molecule has 0 aromatic heterocycles. The molecule has 6 atom stereocenters. The lowest BCUT2D eigenvalue weighted by molar-refractivity contribution is -0.305. The highest BCUT2D eigenvalue weighted by molar-refractivity contribution is 5.70. The summed E-state index contributed by atoms with van der Waals surface area (Å²) in [7, 11) is 0. The van der Waals surface area contributed by atoms with Crippen molar-refractivity contribution in [3.05, 3.63) is 0 Å². The minimum atomic E-state index is -1.58. The van der Waals surface area contributed by atoms with Crippen LogP contribution in [0.15, 0.2) is 0 Å². The van der Waals surface area contributed by atoms with E-state index in [2.05, 4.69) is 13.8 Å². The van der Waals surface area contributed by atoms with E-state index in [1.54, 1.807) is 0 Å². The smallest absolute Gasteiger partial charge is 0.306 e. The summed E-state index contributed by atoms with van der Waals surface area (Å²) in [6.45, 7) is 3.15. The van der Waals surface area contributed by atoms with E-state index in [1.165, 1.54) is 6.42 Å². The number of rotatable bonds is 19. The molecule has 206 valence electrons. The van der Waals surface area contributed by atoms with Gasteiger partial charge in [-0.15, -0.1) is 0 Å². The van der Waals surface area contributed by atoms with E-state index in [0.29, 0.717) is 6.42 Å². The number of aliphatic hydroxyl groups is 4. The Balaban J connectivity index is 2.56. The lowest BCUT2D eigenvalue weighted by Gasteiger charge is -2.39. The Bertz CT molecular complexity index is 570. The molecule has 0 aromatic rings. The first kappa shape index (κ1) is 31.7. The third-order valence-corrected chi connectivity index (χ3v) is 5.99. The van der Waals surface area contributed by atoms with Gasteiger partial charge in [0.05, 0.1) is 13.2 Å². The van der Waals surface area contributed by atoms with Crippen molar-refractivity contribution in [2.45, 2.75) is 128 Å². The van der Waals surface area contributed by atoms with Crippen molar-refractivity contribution in [1.82, 2.24) is 0 Å². The summed E-state index contributed by atoms with van der Waals surface area (Å²) < 4.78 is 21.5. The zero-order valence-corrected chi connectivity index (χ0v) is 21.3. The number of carbonyl (C=O) groups excluding carboxylic acids is 2. The fraction of sp³-hybridized carbons (Fsp3) is 0.920. The van der Waals surface area contributed by atoms with Gasteiger partial charge < -0.3 is 39.4 Å². The molecule has 4 N–H and O–H groups in total. The molecule has 10 heteroatoms. The predicted molar refractivity (Wildman–Crippen MR) is 127 cm³/mol. The first-order valence-electron chi connectivity index (χ1n) is 13.1. The maximum Gasteiger partial charge on any atom is 0.306 e. The maximum absolute atomic E-state index is 12.3. The highest BCUT2D eigenvalue weighted by Crippen LogP contribution is 2.22. The first-order chi connectivity index (χ1) is 16.8. The summed E-state index contributed by atoms with van der Waals surface area (Å²) in [4.78, 5) is 24.4. The summed E-state index contributed by atoms with van der Waals surface area (Å²) in [6.07, 6.45) is 2.32. The van der Waals surface area contributed by atoms with Gasteiger partial charge in [0.25, 0.3) is 0 Å². The number of carbonyl (C=O) groups is 2. The molecule has 0 aromatic carbocycles. The Morgan fingerprint density at radius 3 is 1.97 bits per heavy atom. The number of unbranched alkanes of at least 4 members (excludes halogenated alkanes) is 8. The van der Waals surface area contributed by atoms with Crippen LogP contribution >= 0.6 is 0 Å². The van der Waals surface area contributed by atoms with Crippen LogP contribution in [0.25, 0.3) is 0 Å². The largest absolute Gasteiger partial charge is 0.462 e. The van der Waals surface area contributed by atoms with Crippen molar-refractivity contribution in [2.24, 2.45) is 0 Å². The Hall–Kier alpha value is -1.30. The first-order valence-corrected chi connectivity index (χ1v) is 13.1. The summed E-state index contributed by atoms with van der Waals surface area (Å²) in [5.74, 6) is -0.840. The monoisotopic (exact) mass is 506 g/mol. The molecule has 1 saturated heterocycles. The van der Waals surface area contributed by atoms with Crippen LogP contribution < -0.4 is 0 Å². The molecule has 0 radical (unpaired) electrons. The molecular weight excluding hydrogens is 460 g/mol. The Kier molecular flexibility index (Phi) is 17.1. The van der Waals surface area contributed by atoms with Gasteiger partial charge in [-0.3, -0.25) is 9.59 Å². The molecule has 1 heterocycles. The van der Waals surface area contributed by atoms with Crippen molar-refractivity contribution < 1.29 is 49.0 Å². The van der Waals surface area contributed by atoms with Gasteiger partial charge in [-0.1, -0.05) is 65.2 Å². The van der Waals surface area contributed by atoms with E-state index in [-0.39, 0.29) is 26.1 Å². The summed E-state index contributed by atoms with van der Waals surface area (Å²) in [5, 5.41) is 39.3. The van der Waals surface area contributed by atoms with Crippen molar-refractivity contribution in [3.8, 4) is 0 Å². The fourth-order valence-corrected chi connectivity index (χ4v) is 3.77. The van der Waals surface area contributed by atoms with Crippen molar-refractivity contribution in [3.63, 3.8) is 0 Å². The third-order valence-electron chi connectivity index (χ3n) is 5.99. The molecule has 0 unspecified atom stereocenters. The molecule has 1 aliphatic heterocycles. The third kappa shape index (κ3) is 13.0. The lowest BCUT2D eigenvalue weighted by Crippen LogP contribution is -2.59. The average Bonchev–Trinajstić information content (AvgIpc) is 2.85. The zero-order valence-electron chi connectivity index (χ0n) is 21.3. The molecule has 10 nitrogen and oxygen atoms in total.